The molecule has 4 atom stereocenters. The molecule has 1 amide bonds. The van der Waals surface area contributed by atoms with Crippen LogP contribution in [0, 0.1) is 29.1 Å². The van der Waals surface area contributed by atoms with Gasteiger partial charge >= 0.3 is 0 Å². The lowest BCUT2D eigenvalue weighted by Gasteiger charge is -2.38. The van der Waals surface area contributed by atoms with Gasteiger partial charge in [0, 0.05) is 38.2 Å². The summed E-state index contributed by atoms with van der Waals surface area (Å²) < 4.78 is 87.3. The maximum absolute atomic E-state index is 14.1. The van der Waals surface area contributed by atoms with E-state index in [9.17, 15) is 31.9 Å². The van der Waals surface area contributed by atoms with Crippen molar-refractivity contribution in [1.29, 1.82) is 0 Å². The number of hydrogen-bond donors (Lipinski definition) is 2. The van der Waals surface area contributed by atoms with Crippen molar-refractivity contribution in [2.75, 3.05) is 26.8 Å². The number of amides is 1. The van der Waals surface area contributed by atoms with Crippen LogP contribution >= 0.6 is 0 Å². The molecule has 0 aliphatic carbocycles. The van der Waals surface area contributed by atoms with Crippen molar-refractivity contribution in [1.82, 2.24) is 10.2 Å². The molecule has 2 fully saturated rings. The van der Waals surface area contributed by atoms with Crippen LogP contribution in [0.3, 0.4) is 0 Å². The van der Waals surface area contributed by atoms with Crippen LogP contribution in [0.5, 0.6) is 0 Å². The van der Waals surface area contributed by atoms with E-state index in [2.05, 4.69) is 10.2 Å². The molecule has 2 N–H and O–H groups in total. The number of benzene rings is 4. The number of hydrogen-bond acceptors (Lipinski definition) is 6. The first-order valence-electron chi connectivity index (χ1n) is 16.4. The average Bonchev–Trinajstić information content (AvgIpc) is 3.58. The van der Waals surface area contributed by atoms with Gasteiger partial charge in [-0.2, -0.15) is 0 Å². The van der Waals surface area contributed by atoms with E-state index in [4.69, 9.17) is 14.2 Å². The number of nitrogens with one attached hydrogen (secondary N) is 1. The fourth-order valence-electron chi connectivity index (χ4n) is 6.58. The van der Waals surface area contributed by atoms with Crippen LogP contribution in [0.2, 0.25) is 0 Å². The lowest BCUT2D eigenvalue weighted by Crippen LogP contribution is -2.42. The van der Waals surface area contributed by atoms with E-state index in [0.717, 1.165) is 53.7 Å². The standard InChI is InChI=1S/C38H37F5N2O5/c1-48-21-28-6-3-15-45(28)19-29-17-30(25-9-7-22(20-46)8-10-25)50-38(49-29)26-13-11-24(12-14-26)27-5-2-4-23(16-27)18-44-37(47)31-32(39)34(41)36(43)35(42)33(31)40/h2,4-5,7-14,16,28-30,38,46H,3,6,15,17-21H2,1H3,(H,44,47)/t28-,29-,30+,38+/m0/s1. The van der Waals surface area contributed by atoms with Gasteiger partial charge in [0.05, 0.1) is 25.4 Å². The van der Waals surface area contributed by atoms with E-state index in [-0.39, 0.29) is 25.4 Å². The first-order chi connectivity index (χ1) is 24.2. The molecule has 0 radical (unpaired) electrons. The Morgan fingerprint density at radius 2 is 1.54 bits per heavy atom. The average molecular weight is 697 g/mol. The van der Waals surface area contributed by atoms with E-state index in [1.54, 1.807) is 25.3 Å². The predicted molar refractivity (Wildman–Crippen MR) is 174 cm³/mol. The van der Waals surface area contributed by atoms with Crippen molar-refractivity contribution in [2.45, 2.75) is 57.0 Å². The quantitative estimate of drug-likeness (QED) is 0.0988. The van der Waals surface area contributed by atoms with Crippen LogP contribution in [0.1, 0.15) is 64.3 Å². The van der Waals surface area contributed by atoms with Gasteiger partial charge in [0.25, 0.3) is 5.91 Å². The van der Waals surface area contributed by atoms with E-state index in [1.807, 2.05) is 54.6 Å². The Labute approximate surface area is 286 Å². The van der Waals surface area contributed by atoms with Crippen LogP contribution in [-0.4, -0.2) is 54.9 Å². The maximum atomic E-state index is 14.1. The number of aliphatic hydroxyl groups excluding tert-OH is 1. The molecule has 0 bridgehead atoms. The Hall–Kier alpha value is -4.20. The lowest BCUT2D eigenvalue weighted by molar-refractivity contribution is -0.253. The molecule has 6 rings (SSSR count). The smallest absolute Gasteiger partial charge is 0.257 e. The number of nitrogens with zero attached hydrogens (tertiary/aromatic N) is 1. The van der Waals surface area contributed by atoms with Gasteiger partial charge < -0.3 is 24.6 Å². The maximum Gasteiger partial charge on any atom is 0.257 e. The van der Waals surface area contributed by atoms with Gasteiger partial charge in [0.1, 0.15) is 5.56 Å². The van der Waals surface area contributed by atoms with Gasteiger partial charge in [-0.1, -0.05) is 66.7 Å². The summed E-state index contributed by atoms with van der Waals surface area (Å²) in [5.41, 5.74) is 3.22. The minimum atomic E-state index is -2.33. The second-order valence-electron chi connectivity index (χ2n) is 12.5. The van der Waals surface area contributed by atoms with E-state index >= 15 is 0 Å². The zero-order valence-corrected chi connectivity index (χ0v) is 27.3. The Bertz CT molecular complexity index is 1780. The fourth-order valence-corrected chi connectivity index (χ4v) is 6.58. The molecule has 50 heavy (non-hydrogen) atoms. The molecular weight excluding hydrogens is 659 g/mol. The molecule has 2 aliphatic heterocycles. The molecule has 2 saturated heterocycles. The second-order valence-corrected chi connectivity index (χ2v) is 12.5. The Kier molecular flexibility index (Phi) is 11.2. The number of carbonyl (C=O) groups is 1. The van der Waals surface area contributed by atoms with Crippen LogP contribution in [0.4, 0.5) is 22.0 Å². The summed E-state index contributed by atoms with van der Waals surface area (Å²) in [6.45, 7) is 2.12. The van der Waals surface area contributed by atoms with E-state index < -0.39 is 46.8 Å². The van der Waals surface area contributed by atoms with Gasteiger partial charge in [-0.05, 0) is 53.3 Å². The molecule has 2 aliphatic rings. The van der Waals surface area contributed by atoms with Gasteiger partial charge in [-0.25, -0.2) is 22.0 Å². The highest BCUT2D eigenvalue weighted by molar-refractivity contribution is 5.94. The Morgan fingerprint density at radius 3 is 2.22 bits per heavy atom. The van der Waals surface area contributed by atoms with Crippen LogP contribution < -0.4 is 5.32 Å². The van der Waals surface area contributed by atoms with Crippen molar-refractivity contribution < 1.29 is 46.1 Å². The summed E-state index contributed by atoms with van der Waals surface area (Å²) in [5.74, 6) is -12.5. The molecular formula is C38H37F5N2O5. The third kappa shape index (κ3) is 7.74. The number of methoxy groups -OCH3 is 1. The highest BCUT2D eigenvalue weighted by Crippen LogP contribution is 2.39. The molecule has 12 heteroatoms. The monoisotopic (exact) mass is 696 g/mol. The van der Waals surface area contributed by atoms with Gasteiger partial charge in [-0.3, -0.25) is 9.69 Å². The highest BCUT2D eigenvalue weighted by Gasteiger charge is 2.35. The molecule has 0 unspecified atom stereocenters. The summed E-state index contributed by atoms with van der Waals surface area (Å²) in [6.07, 6.45) is 1.87. The number of likely N-dealkylation sites (tertiary alicyclic amines) is 1. The van der Waals surface area contributed by atoms with Crippen molar-refractivity contribution in [3.05, 3.63) is 130 Å². The SMILES string of the molecule is COC[C@@H]1CCCN1C[C@@H]1C[C@H](c2ccc(CO)cc2)O[C@H](c2ccc(-c3cccc(CNC(=O)c4c(F)c(F)c(F)c(F)c4F)c3)cc2)O1. The van der Waals surface area contributed by atoms with Gasteiger partial charge in [0.2, 0.25) is 5.82 Å². The minimum Gasteiger partial charge on any atom is -0.392 e. The first-order valence-corrected chi connectivity index (χ1v) is 16.4. The predicted octanol–water partition coefficient (Wildman–Crippen LogP) is 7.13. The second kappa shape index (κ2) is 15.8. The van der Waals surface area contributed by atoms with E-state index in [1.165, 1.54) is 0 Å². The number of aliphatic hydroxyl groups is 1. The summed E-state index contributed by atoms with van der Waals surface area (Å²) in [6, 6.07) is 22.7. The summed E-state index contributed by atoms with van der Waals surface area (Å²) >= 11 is 0. The molecule has 7 nitrogen and oxygen atoms in total. The summed E-state index contributed by atoms with van der Waals surface area (Å²) in [7, 11) is 1.72. The first kappa shape index (κ1) is 35.6. The van der Waals surface area contributed by atoms with Crippen molar-refractivity contribution in [3.8, 4) is 11.1 Å². The van der Waals surface area contributed by atoms with Crippen LogP contribution in [0.25, 0.3) is 11.1 Å². The summed E-state index contributed by atoms with van der Waals surface area (Å²) in [4.78, 5) is 14.9. The zero-order chi connectivity index (χ0) is 35.4. The highest BCUT2D eigenvalue weighted by atomic mass is 19.2. The molecule has 4 aromatic carbocycles. The number of ether oxygens (including phenoxy) is 3. The van der Waals surface area contributed by atoms with Gasteiger partial charge in [0.15, 0.2) is 29.6 Å². The molecule has 0 saturated carbocycles. The molecule has 0 aromatic heterocycles. The molecule has 0 spiro atoms. The van der Waals surface area contributed by atoms with E-state index in [0.29, 0.717) is 24.6 Å². The zero-order valence-electron chi connectivity index (χ0n) is 27.3. The van der Waals surface area contributed by atoms with Gasteiger partial charge in [-0.15, -0.1) is 0 Å². The minimum absolute atomic E-state index is 0.0433. The van der Waals surface area contributed by atoms with Crippen LogP contribution in [0.15, 0.2) is 72.8 Å². The van der Waals surface area contributed by atoms with Crippen molar-refractivity contribution >= 4 is 5.91 Å². The lowest BCUT2D eigenvalue weighted by atomic mass is 9.98. The number of halogens is 5. The topological polar surface area (TPSA) is 80.3 Å². The van der Waals surface area contributed by atoms with Crippen LogP contribution in [-0.2, 0) is 27.4 Å². The van der Waals surface area contributed by atoms with Crippen molar-refractivity contribution in [2.24, 2.45) is 0 Å². The fraction of sp³-hybridized carbons (Fsp3) is 0.342. The number of carbonyl (C=O) groups excluding carboxylic acids is 1. The molecule has 264 valence electrons. The largest absolute Gasteiger partial charge is 0.392 e. The third-order valence-electron chi connectivity index (χ3n) is 9.24. The third-order valence-corrected chi connectivity index (χ3v) is 9.24. The number of rotatable bonds is 11. The summed E-state index contributed by atoms with van der Waals surface area (Å²) in [5, 5.41) is 11.7. The molecule has 2 heterocycles. The Balaban J connectivity index is 1.16. The van der Waals surface area contributed by atoms with Crippen molar-refractivity contribution in [3.63, 3.8) is 0 Å². The Morgan fingerprint density at radius 1 is 0.860 bits per heavy atom. The molecule has 4 aromatic rings. The normalized spacial score (nSPS) is 21.0.